The van der Waals surface area contributed by atoms with Crippen molar-refractivity contribution >= 4 is 23.5 Å². The van der Waals surface area contributed by atoms with E-state index >= 15 is 0 Å². The molecule has 1 saturated heterocycles. The maximum absolute atomic E-state index is 13.2. The molecule has 1 amide bonds. The number of aromatic nitrogens is 1. The average Bonchev–Trinajstić information content (AvgIpc) is 2.94. The molecule has 1 fully saturated rings. The molecule has 1 aromatic heterocycles. The molecule has 2 aromatic carbocycles. The van der Waals surface area contributed by atoms with Gasteiger partial charge in [-0.3, -0.25) is 9.78 Å². The molecule has 0 bridgehead atoms. The summed E-state index contributed by atoms with van der Waals surface area (Å²) in [6.45, 7) is 5.34. The van der Waals surface area contributed by atoms with Crippen molar-refractivity contribution in [2.24, 2.45) is 0 Å². The molecule has 0 atom stereocenters. The Morgan fingerprint density at radius 1 is 1.17 bits per heavy atom. The number of piperidine rings is 1. The highest BCUT2D eigenvalue weighted by atomic mass is 32.2. The number of nitrogens with zero attached hydrogens (tertiary/aromatic N) is 3. The lowest BCUT2D eigenvalue weighted by Gasteiger charge is -2.32. The fraction of sp³-hybridized carbons (Fsp3) is 0.345. The van der Waals surface area contributed by atoms with Crippen molar-refractivity contribution in [2.45, 2.75) is 38.6 Å². The zero-order valence-electron chi connectivity index (χ0n) is 20.7. The van der Waals surface area contributed by atoms with Gasteiger partial charge in [-0.25, -0.2) is 0 Å². The number of likely N-dealkylation sites (tertiary alicyclic amines) is 1. The van der Waals surface area contributed by atoms with E-state index in [1.54, 1.807) is 18.1 Å². The zero-order valence-corrected chi connectivity index (χ0v) is 21.6. The summed E-state index contributed by atoms with van der Waals surface area (Å²) in [5.41, 5.74) is 6.01. The highest BCUT2D eigenvalue weighted by Gasteiger charge is 2.25. The van der Waals surface area contributed by atoms with Gasteiger partial charge >= 0.3 is 0 Å². The van der Waals surface area contributed by atoms with Crippen LogP contribution >= 0.6 is 11.9 Å². The number of carbonyl (C=O) groups excluding carboxylic acids is 1. The van der Waals surface area contributed by atoms with Gasteiger partial charge in [-0.2, -0.15) is 5.26 Å². The summed E-state index contributed by atoms with van der Waals surface area (Å²) >= 11 is 1.68. The van der Waals surface area contributed by atoms with Crippen molar-refractivity contribution in [3.63, 3.8) is 0 Å². The Balaban J connectivity index is 1.21. The van der Waals surface area contributed by atoms with Gasteiger partial charge in [0.25, 0.3) is 5.91 Å². The van der Waals surface area contributed by atoms with Crippen molar-refractivity contribution in [3.8, 4) is 6.07 Å². The number of hydrogen-bond acceptors (Lipinski definition) is 6. The molecule has 0 aliphatic carbocycles. The second kappa shape index (κ2) is 13.1. The zero-order chi connectivity index (χ0) is 25.2. The standard InChI is InChI=1S/C29H33N5OS/c1-22-5-8-27(18-28(22)33-36-17-3-14-32-21-24-4-2-13-31-20-24)29(35)34-15-11-26(12-16-34)25-9-6-23(19-30)7-10-25/h2,4-10,13,18,20,26,32-33H,3,11-12,14-17,21H2,1H3. The Hall–Kier alpha value is -3.34. The molecule has 0 unspecified atom stereocenters. The van der Waals surface area contributed by atoms with E-state index in [9.17, 15) is 4.79 Å². The first-order chi connectivity index (χ1) is 17.6. The van der Waals surface area contributed by atoms with E-state index in [1.165, 1.54) is 11.1 Å². The van der Waals surface area contributed by atoms with Gasteiger partial charge in [0.15, 0.2) is 0 Å². The Bertz CT molecular complexity index is 1170. The molecule has 3 aromatic rings. The molecule has 7 heteroatoms. The van der Waals surface area contributed by atoms with E-state index in [0.29, 0.717) is 11.5 Å². The summed E-state index contributed by atoms with van der Waals surface area (Å²) in [5.74, 6) is 1.51. The molecule has 0 saturated carbocycles. The van der Waals surface area contributed by atoms with Gasteiger partial charge in [-0.1, -0.05) is 36.2 Å². The SMILES string of the molecule is Cc1ccc(C(=O)N2CCC(c3ccc(C#N)cc3)CC2)cc1NSCCCNCc1cccnc1. The van der Waals surface area contributed by atoms with Crippen LogP contribution in [0.4, 0.5) is 5.69 Å². The second-order valence-corrected chi connectivity index (χ2v) is 10.1. The van der Waals surface area contributed by atoms with Crippen LogP contribution in [0.1, 0.15) is 57.8 Å². The highest BCUT2D eigenvalue weighted by molar-refractivity contribution is 8.00. The minimum Gasteiger partial charge on any atom is -0.339 e. The Labute approximate surface area is 218 Å². The highest BCUT2D eigenvalue weighted by Crippen LogP contribution is 2.29. The van der Waals surface area contributed by atoms with Crippen LogP contribution in [0.5, 0.6) is 0 Å². The van der Waals surface area contributed by atoms with Crippen molar-refractivity contribution in [3.05, 3.63) is 94.8 Å². The van der Waals surface area contributed by atoms with E-state index in [2.05, 4.69) is 34.1 Å². The fourth-order valence-electron chi connectivity index (χ4n) is 4.43. The average molecular weight is 500 g/mol. The predicted molar refractivity (Wildman–Crippen MR) is 147 cm³/mol. The molecule has 0 spiro atoms. The summed E-state index contributed by atoms with van der Waals surface area (Å²) in [4.78, 5) is 19.3. The van der Waals surface area contributed by atoms with Gasteiger partial charge in [0.05, 0.1) is 11.6 Å². The van der Waals surface area contributed by atoms with Gasteiger partial charge in [-0.05, 0) is 85.7 Å². The lowest BCUT2D eigenvalue weighted by atomic mass is 9.89. The van der Waals surface area contributed by atoms with E-state index in [-0.39, 0.29) is 5.91 Å². The number of rotatable bonds is 10. The van der Waals surface area contributed by atoms with E-state index < -0.39 is 0 Å². The molecule has 1 aliphatic heterocycles. The van der Waals surface area contributed by atoms with Crippen LogP contribution in [0.15, 0.2) is 67.0 Å². The first-order valence-electron chi connectivity index (χ1n) is 12.5. The maximum Gasteiger partial charge on any atom is 0.253 e. The number of amides is 1. The molecule has 2 heterocycles. The Morgan fingerprint density at radius 3 is 2.69 bits per heavy atom. The number of nitriles is 1. The first kappa shape index (κ1) is 25.7. The van der Waals surface area contributed by atoms with E-state index in [0.717, 1.165) is 68.0 Å². The van der Waals surface area contributed by atoms with Crippen LogP contribution in [0, 0.1) is 18.3 Å². The Kier molecular flexibility index (Phi) is 9.37. The number of anilines is 1. The molecule has 4 rings (SSSR count). The van der Waals surface area contributed by atoms with Crippen LogP contribution in [0.3, 0.4) is 0 Å². The molecule has 186 valence electrons. The molecule has 6 nitrogen and oxygen atoms in total. The number of carbonyl (C=O) groups is 1. The van der Waals surface area contributed by atoms with E-state index in [4.69, 9.17) is 5.26 Å². The number of aryl methyl sites for hydroxylation is 1. The third-order valence-electron chi connectivity index (χ3n) is 6.61. The normalized spacial score (nSPS) is 13.8. The number of pyridine rings is 1. The minimum absolute atomic E-state index is 0.0981. The molecular formula is C29H33N5OS. The lowest BCUT2D eigenvalue weighted by molar-refractivity contribution is 0.0713. The molecular weight excluding hydrogens is 466 g/mol. The van der Waals surface area contributed by atoms with Gasteiger partial charge < -0.3 is 14.9 Å². The fourth-order valence-corrected chi connectivity index (χ4v) is 5.19. The minimum atomic E-state index is 0.0981. The topological polar surface area (TPSA) is 81.0 Å². The van der Waals surface area contributed by atoms with Crippen molar-refractivity contribution < 1.29 is 4.79 Å². The van der Waals surface area contributed by atoms with Crippen LogP contribution in [-0.4, -0.2) is 41.2 Å². The third kappa shape index (κ3) is 7.09. The van der Waals surface area contributed by atoms with Gasteiger partial charge in [0.1, 0.15) is 0 Å². The second-order valence-electron chi connectivity index (χ2n) is 9.17. The predicted octanol–water partition coefficient (Wildman–Crippen LogP) is 5.52. The summed E-state index contributed by atoms with van der Waals surface area (Å²) < 4.78 is 3.44. The van der Waals surface area contributed by atoms with Crippen molar-refractivity contribution in [1.29, 1.82) is 5.26 Å². The smallest absolute Gasteiger partial charge is 0.253 e. The maximum atomic E-state index is 13.2. The van der Waals surface area contributed by atoms with Crippen LogP contribution < -0.4 is 10.0 Å². The number of hydrogen-bond donors (Lipinski definition) is 2. The largest absolute Gasteiger partial charge is 0.339 e. The first-order valence-corrected chi connectivity index (χ1v) is 13.5. The molecule has 1 aliphatic rings. The monoisotopic (exact) mass is 499 g/mol. The van der Waals surface area contributed by atoms with Crippen molar-refractivity contribution in [1.82, 2.24) is 15.2 Å². The van der Waals surface area contributed by atoms with Crippen LogP contribution in [-0.2, 0) is 6.54 Å². The van der Waals surface area contributed by atoms with Gasteiger partial charge in [0.2, 0.25) is 0 Å². The molecule has 2 N–H and O–H groups in total. The van der Waals surface area contributed by atoms with Crippen LogP contribution in [0.25, 0.3) is 0 Å². The Morgan fingerprint density at radius 2 is 1.97 bits per heavy atom. The summed E-state index contributed by atoms with van der Waals surface area (Å²) in [6, 6.07) is 20.0. The quantitative estimate of drug-likeness (QED) is 0.282. The summed E-state index contributed by atoms with van der Waals surface area (Å²) in [5, 5.41) is 12.4. The number of benzene rings is 2. The molecule has 0 radical (unpaired) electrons. The van der Waals surface area contributed by atoms with Gasteiger partial charge in [0, 0.05) is 49.0 Å². The van der Waals surface area contributed by atoms with Crippen molar-refractivity contribution in [2.75, 3.05) is 30.1 Å². The third-order valence-corrected chi connectivity index (χ3v) is 7.47. The van der Waals surface area contributed by atoms with E-state index in [1.807, 2.05) is 59.6 Å². The van der Waals surface area contributed by atoms with Gasteiger partial charge in [-0.15, -0.1) is 0 Å². The summed E-state index contributed by atoms with van der Waals surface area (Å²) in [7, 11) is 0. The molecule has 36 heavy (non-hydrogen) atoms. The number of nitrogens with one attached hydrogen (secondary N) is 2. The van der Waals surface area contributed by atoms with Crippen LogP contribution in [0.2, 0.25) is 0 Å². The summed E-state index contributed by atoms with van der Waals surface area (Å²) in [6.07, 6.45) is 6.61. The lowest BCUT2D eigenvalue weighted by Crippen LogP contribution is -2.37.